The summed E-state index contributed by atoms with van der Waals surface area (Å²) < 4.78 is 5.20. The van der Waals surface area contributed by atoms with Gasteiger partial charge in [-0.05, 0) is 19.1 Å². The third-order valence-electron chi connectivity index (χ3n) is 4.02. The molecule has 0 radical (unpaired) electrons. The normalized spacial score (nSPS) is 20.1. The molecule has 0 spiro atoms. The number of aromatic amines is 1. The molecule has 2 amide bonds. The van der Waals surface area contributed by atoms with Gasteiger partial charge in [0.2, 0.25) is 11.8 Å². The molecular weight excluding hydrogens is 286 g/mol. The number of aromatic nitrogens is 3. The van der Waals surface area contributed by atoms with Crippen LogP contribution in [0.5, 0.6) is 0 Å². The molecular formula is C14H11N5O3. The molecule has 8 nitrogen and oxygen atoms in total. The van der Waals surface area contributed by atoms with Crippen molar-refractivity contribution in [3.8, 4) is 11.6 Å². The minimum absolute atomic E-state index is 0.432. The van der Waals surface area contributed by atoms with E-state index in [4.69, 9.17) is 10.2 Å². The number of amides is 2. The number of nitrogens with zero attached hydrogens (tertiary/aromatic N) is 2. The first-order valence-electron chi connectivity index (χ1n) is 6.54. The van der Waals surface area contributed by atoms with Gasteiger partial charge in [0.25, 0.3) is 0 Å². The van der Waals surface area contributed by atoms with Crippen LogP contribution in [0.25, 0.3) is 22.6 Å². The second-order valence-electron chi connectivity index (χ2n) is 5.31. The molecule has 1 atom stereocenters. The number of benzene rings is 1. The Morgan fingerprint density at radius 3 is 2.91 bits per heavy atom. The lowest BCUT2D eigenvalue weighted by Gasteiger charge is -2.17. The van der Waals surface area contributed by atoms with E-state index in [9.17, 15) is 9.59 Å². The van der Waals surface area contributed by atoms with Gasteiger partial charge >= 0.3 is 0 Å². The van der Waals surface area contributed by atoms with E-state index in [0.717, 1.165) is 0 Å². The molecule has 1 aliphatic heterocycles. The number of nitrogens with two attached hydrogens (primary N) is 1. The van der Waals surface area contributed by atoms with Crippen LogP contribution < -0.4 is 11.1 Å². The van der Waals surface area contributed by atoms with Crippen LogP contribution in [0.3, 0.4) is 0 Å². The van der Waals surface area contributed by atoms with E-state index in [1.165, 1.54) is 13.3 Å². The Morgan fingerprint density at radius 1 is 1.41 bits per heavy atom. The average molecular weight is 297 g/mol. The smallest absolute Gasteiger partial charge is 0.244 e. The van der Waals surface area contributed by atoms with Crippen LogP contribution in [-0.4, -0.2) is 26.8 Å². The molecule has 4 rings (SSSR count). The summed E-state index contributed by atoms with van der Waals surface area (Å²) >= 11 is 0. The molecule has 0 aliphatic carbocycles. The first-order valence-corrected chi connectivity index (χ1v) is 6.54. The first kappa shape index (κ1) is 12.6. The van der Waals surface area contributed by atoms with Crippen LogP contribution >= 0.6 is 0 Å². The number of fused-ring (bicyclic) bond motifs is 2. The summed E-state index contributed by atoms with van der Waals surface area (Å²) in [5.41, 5.74) is 6.40. The number of anilines is 1. The highest BCUT2D eigenvalue weighted by molar-refractivity contribution is 6.20. The monoisotopic (exact) mass is 297 g/mol. The van der Waals surface area contributed by atoms with Gasteiger partial charge in [-0.25, -0.2) is 9.97 Å². The number of carbonyl (C=O) groups is 2. The second-order valence-corrected chi connectivity index (χ2v) is 5.31. The van der Waals surface area contributed by atoms with E-state index in [1.807, 2.05) is 0 Å². The van der Waals surface area contributed by atoms with Crippen molar-refractivity contribution in [3.05, 3.63) is 30.3 Å². The van der Waals surface area contributed by atoms with Gasteiger partial charge in [-0.2, -0.15) is 0 Å². The van der Waals surface area contributed by atoms with Gasteiger partial charge in [0.15, 0.2) is 23.4 Å². The number of hydrogen-bond acceptors (Lipinski definition) is 5. The second kappa shape index (κ2) is 3.94. The summed E-state index contributed by atoms with van der Waals surface area (Å²) in [5, 5.41) is 2.68. The quantitative estimate of drug-likeness (QED) is 0.606. The Labute approximate surface area is 123 Å². The maximum absolute atomic E-state index is 12.1. The standard InChI is InChI=1S/C14H11N5O3/c1-14(12(15)20)6-2-8-9(3-7(6)19-13(14)21)18-11(17-8)10-4-16-5-22-10/h2-5H,1H3,(H2,15,20)(H,17,18)(H,19,21). The molecule has 1 unspecified atom stereocenters. The Bertz CT molecular complexity index is 928. The van der Waals surface area contributed by atoms with Crippen LogP contribution in [0.1, 0.15) is 12.5 Å². The molecule has 0 bridgehead atoms. The molecule has 4 N–H and O–H groups in total. The van der Waals surface area contributed by atoms with Crippen molar-refractivity contribution in [2.45, 2.75) is 12.3 Å². The van der Waals surface area contributed by atoms with Gasteiger partial charge in [-0.15, -0.1) is 0 Å². The van der Waals surface area contributed by atoms with Crippen LogP contribution in [0.2, 0.25) is 0 Å². The molecule has 0 saturated heterocycles. The minimum atomic E-state index is -1.39. The fraction of sp³-hybridized carbons (Fsp3) is 0.143. The van der Waals surface area contributed by atoms with Gasteiger partial charge in [0, 0.05) is 11.3 Å². The third kappa shape index (κ3) is 1.46. The van der Waals surface area contributed by atoms with Crippen LogP contribution in [-0.2, 0) is 15.0 Å². The van der Waals surface area contributed by atoms with Crippen molar-refractivity contribution < 1.29 is 14.0 Å². The molecule has 1 aromatic carbocycles. The van der Waals surface area contributed by atoms with E-state index in [2.05, 4.69) is 20.3 Å². The van der Waals surface area contributed by atoms with E-state index >= 15 is 0 Å². The van der Waals surface area contributed by atoms with Crippen molar-refractivity contribution in [2.75, 3.05) is 5.32 Å². The average Bonchev–Trinajstić information content (AvgIpc) is 3.17. The van der Waals surface area contributed by atoms with Crippen LogP contribution in [0, 0.1) is 0 Å². The lowest BCUT2D eigenvalue weighted by molar-refractivity contribution is -0.131. The van der Waals surface area contributed by atoms with Gasteiger partial charge < -0.3 is 20.5 Å². The summed E-state index contributed by atoms with van der Waals surface area (Å²) in [6, 6.07) is 3.41. The zero-order chi connectivity index (χ0) is 15.5. The number of hydrogen-bond donors (Lipinski definition) is 3. The molecule has 1 aliphatic rings. The first-order chi connectivity index (χ1) is 10.5. The highest BCUT2D eigenvalue weighted by atomic mass is 16.3. The number of imidazole rings is 1. The number of oxazole rings is 1. The summed E-state index contributed by atoms with van der Waals surface area (Å²) in [4.78, 5) is 35.1. The molecule has 22 heavy (non-hydrogen) atoms. The molecule has 110 valence electrons. The summed E-state index contributed by atoms with van der Waals surface area (Å²) in [5.74, 6) is -0.117. The lowest BCUT2D eigenvalue weighted by atomic mass is 9.83. The van der Waals surface area contributed by atoms with Crippen molar-refractivity contribution in [1.29, 1.82) is 0 Å². The van der Waals surface area contributed by atoms with Gasteiger partial charge in [-0.1, -0.05) is 0 Å². The predicted octanol–water partition coefficient (Wildman–Crippen LogP) is 0.913. The topological polar surface area (TPSA) is 127 Å². The SMILES string of the molecule is CC1(C(N)=O)C(=O)Nc2cc3[nH]c(-c4cnco4)nc3cc21. The number of carbonyl (C=O) groups excluding carboxylic acids is 2. The van der Waals surface area contributed by atoms with Crippen molar-refractivity contribution >= 4 is 28.5 Å². The maximum Gasteiger partial charge on any atom is 0.244 e. The molecule has 3 aromatic rings. The van der Waals surface area contributed by atoms with Crippen molar-refractivity contribution in [3.63, 3.8) is 0 Å². The van der Waals surface area contributed by atoms with E-state index in [0.29, 0.717) is 33.9 Å². The van der Waals surface area contributed by atoms with Crippen molar-refractivity contribution in [2.24, 2.45) is 5.73 Å². The number of H-pyrrole nitrogens is 1. The summed E-state index contributed by atoms with van der Waals surface area (Å²) in [7, 11) is 0. The van der Waals surface area contributed by atoms with Crippen molar-refractivity contribution in [1.82, 2.24) is 15.0 Å². The fourth-order valence-corrected chi connectivity index (χ4v) is 2.64. The molecule has 8 heteroatoms. The predicted molar refractivity (Wildman–Crippen MR) is 76.8 cm³/mol. The zero-order valence-electron chi connectivity index (χ0n) is 11.5. The maximum atomic E-state index is 12.1. The summed E-state index contributed by atoms with van der Waals surface area (Å²) in [6.07, 6.45) is 2.85. The van der Waals surface area contributed by atoms with E-state index < -0.39 is 17.2 Å². The highest BCUT2D eigenvalue weighted by Crippen LogP contribution is 2.39. The van der Waals surface area contributed by atoms with Crippen LogP contribution in [0.15, 0.2) is 29.1 Å². The number of primary amides is 1. The number of nitrogens with one attached hydrogen (secondary N) is 2. The number of rotatable bonds is 2. The van der Waals surface area contributed by atoms with Crippen LogP contribution in [0.4, 0.5) is 5.69 Å². The fourth-order valence-electron chi connectivity index (χ4n) is 2.64. The molecule has 2 aromatic heterocycles. The largest absolute Gasteiger partial charge is 0.440 e. The molecule has 0 fully saturated rings. The Morgan fingerprint density at radius 2 is 2.23 bits per heavy atom. The molecule has 3 heterocycles. The third-order valence-corrected chi connectivity index (χ3v) is 4.02. The zero-order valence-corrected chi connectivity index (χ0v) is 11.5. The van der Waals surface area contributed by atoms with Gasteiger partial charge in [0.1, 0.15) is 0 Å². The lowest BCUT2D eigenvalue weighted by Crippen LogP contribution is -2.44. The Hall–Kier alpha value is -3.16. The molecule has 0 saturated carbocycles. The highest BCUT2D eigenvalue weighted by Gasteiger charge is 2.48. The minimum Gasteiger partial charge on any atom is -0.440 e. The summed E-state index contributed by atoms with van der Waals surface area (Å²) in [6.45, 7) is 1.51. The van der Waals surface area contributed by atoms with Gasteiger partial charge in [0.05, 0.1) is 17.2 Å². The van der Waals surface area contributed by atoms with Gasteiger partial charge in [-0.3, -0.25) is 9.59 Å². The van der Waals surface area contributed by atoms with E-state index in [-0.39, 0.29) is 0 Å². The Balaban J connectivity index is 1.93. The van der Waals surface area contributed by atoms with E-state index in [1.54, 1.807) is 18.3 Å². The Kier molecular flexibility index (Phi) is 2.25.